The first-order chi connectivity index (χ1) is 13.9. The maximum absolute atomic E-state index is 12.3. The van der Waals surface area contributed by atoms with Crippen LogP contribution >= 0.6 is 0 Å². The van der Waals surface area contributed by atoms with Gasteiger partial charge in [-0.15, -0.1) is 0 Å². The van der Waals surface area contributed by atoms with Gasteiger partial charge in [0.1, 0.15) is 0 Å². The summed E-state index contributed by atoms with van der Waals surface area (Å²) in [5, 5.41) is 11.2. The number of anilines is 1. The lowest BCUT2D eigenvalue weighted by atomic mass is 10.1. The summed E-state index contributed by atoms with van der Waals surface area (Å²) in [5.74, 6) is -0.630. The molecule has 0 aliphatic carbocycles. The van der Waals surface area contributed by atoms with Gasteiger partial charge in [-0.2, -0.15) is 0 Å². The molecule has 2 rings (SSSR count). The summed E-state index contributed by atoms with van der Waals surface area (Å²) in [5.41, 5.74) is 2.40. The Balaban J connectivity index is 1.75. The molecule has 8 nitrogen and oxygen atoms in total. The molecule has 9 heteroatoms. The van der Waals surface area contributed by atoms with Gasteiger partial charge in [0.15, 0.2) is 0 Å². The van der Waals surface area contributed by atoms with Crippen molar-refractivity contribution in [3.63, 3.8) is 0 Å². The molecule has 29 heavy (non-hydrogen) atoms. The summed E-state index contributed by atoms with van der Waals surface area (Å²) >= 11 is 0. The molecule has 0 aliphatic heterocycles. The second kappa shape index (κ2) is 11.2. The van der Waals surface area contributed by atoms with Gasteiger partial charge in [-0.25, -0.2) is 13.9 Å². The van der Waals surface area contributed by atoms with Crippen LogP contribution in [0.15, 0.2) is 59.5 Å². The van der Waals surface area contributed by atoms with E-state index in [9.17, 15) is 18.0 Å². The molecular weight excluding hydrogens is 394 g/mol. The Morgan fingerprint density at radius 3 is 2.17 bits per heavy atom. The van der Waals surface area contributed by atoms with Crippen LogP contribution in [0.2, 0.25) is 0 Å². The molecule has 0 heterocycles. The highest BCUT2D eigenvalue weighted by atomic mass is 32.2. The number of unbranched alkanes of at least 4 members (excludes halogenated alkanes) is 3. The summed E-state index contributed by atoms with van der Waals surface area (Å²) in [6, 6.07) is 14.3. The quantitative estimate of drug-likeness (QED) is 0.253. The van der Waals surface area contributed by atoms with Gasteiger partial charge in [-0.1, -0.05) is 31.0 Å². The van der Waals surface area contributed by atoms with E-state index in [0.717, 1.165) is 19.3 Å². The van der Waals surface area contributed by atoms with E-state index in [0.29, 0.717) is 24.2 Å². The SMILES string of the molecule is O=C(CCCCCCNC(=O)c1ccc(NS(=O)(=O)c2ccccc2)cc1)NO. The topological polar surface area (TPSA) is 125 Å². The predicted molar refractivity (Wildman–Crippen MR) is 109 cm³/mol. The van der Waals surface area contributed by atoms with E-state index in [-0.39, 0.29) is 17.2 Å². The lowest BCUT2D eigenvalue weighted by molar-refractivity contribution is -0.129. The molecule has 156 valence electrons. The van der Waals surface area contributed by atoms with Crippen molar-refractivity contribution in [3.05, 3.63) is 60.2 Å². The van der Waals surface area contributed by atoms with Gasteiger partial charge in [0.05, 0.1) is 4.90 Å². The average Bonchev–Trinajstić information content (AvgIpc) is 2.73. The molecule has 2 aromatic carbocycles. The number of nitrogens with one attached hydrogen (secondary N) is 3. The summed E-state index contributed by atoms with van der Waals surface area (Å²) < 4.78 is 27.1. The molecule has 0 saturated heterocycles. The normalized spacial score (nSPS) is 10.9. The van der Waals surface area contributed by atoms with Crippen LogP contribution in [0.25, 0.3) is 0 Å². The van der Waals surface area contributed by atoms with E-state index < -0.39 is 15.9 Å². The van der Waals surface area contributed by atoms with E-state index in [4.69, 9.17) is 5.21 Å². The van der Waals surface area contributed by atoms with Crippen LogP contribution in [0.5, 0.6) is 0 Å². The molecule has 0 aromatic heterocycles. The molecule has 0 saturated carbocycles. The molecule has 0 bridgehead atoms. The molecule has 0 radical (unpaired) electrons. The lowest BCUT2D eigenvalue weighted by Crippen LogP contribution is -2.24. The van der Waals surface area contributed by atoms with Gasteiger partial charge >= 0.3 is 0 Å². The summed E-state index contributed by atoms with van der Waals surface area (Å²) in [6.45, 7) is 0.507. The second-order valence-corrected chi connectivity index (χ2v) is 8.13. The number of hydroxylamine groups is 1. The maximum atomic E-state index is 12.3. The Hall–Kier alpha value is -2.91. The zero-order chi connectivity index (χ0) is 21.1. The van der Waals surface area contributed by atoms with Crippen LogP contribution in [-0.4, -0.2) is 32.0 Å². The van der Waals surface area contributed by atoms with Crippen molar-refractivity contribution in [2.45, 2.75) is 37.0 Å². The highest BCUT2D eigenvalue weighted by Crippen LogP contribution is 2.16. The standard InChI is InChI=1S/C20H25N3O5S/c24-19(22-26)10-6-1-2-7-15-21-20(25)16-11-13-17(14-12-16)23-29(27,28)18-8-4-3-5-9-18/h3-5,8-9,11-14,23,26H,1-2,6-7,10,15H2,(H,21,25)(H,22,24). The van der Waals surface area contributed by atoms with Crippen LogP contribution < -0.4 is 15.5 Å². The molecule has 0 atom stereocenters. The average molecular weight is 420 g/mol. The van der Waals surface area contributed by atoms with E-state index in [1.165, 1.54) is 12.1 Å². The van der Waals surface area contributed by atoms with Crippen molar-refractivity contribution < 1.29 is 23.2 Å². The molecule has 0 fully saturated rings. The Kier molecular flexibility index (Phi) is 8.63. The molecular formula is C20H25N3O5S. The monoisotopic (exact) mass is 419 g/mol. The molecule has 0 aliphatic rings. The lowest BCUT2D eigenvalue weighted by Gasteiger charge is -2.09. The minimum atomic E-state index is -3.67. The Morgan fingerprint density at radius 1 is 0.862 bits per heavy atom. The number of carbonyl (C=O) groups is 2. The summed E-state index contributed by atoms with van der Waals surface area (Å²) in [4.78, 5) is 23.2. The Labute approximate surface area is 170 Å². The van der Waals surface area contributed by atoms with Crippen molar-refractivity contribution in [2.24, 2.45) is 0 Å². The first-order valence-corrected chi connectivity index (χ1v) is 10.8. The fourth-order valence-corrected chi connectivity index (χ4v) is 3.71. The number of benzene rings is 2. The predicted octanol–water partition coefficient (Wildman–Crippen LogP) is 2.67. The number of carbonyl (C=O) groups excluding carboxylic acids is 2. The Morgan fingerprint density at radius 2 is 1.52 bits per heavy atom. The zero-order valence-corrected chi connectivity index (χ0v) is 16.7. The minimum absolute atomic E-state index is 0.166. The van der Waals surface area contributed by atoms with Crippen LogP contribution in [0, 0.1) is 0 Å². The molecule has 0 spiro atoms. The van der Waals surface area contributed by atoms with Gasteiger partial charge in [0, 0.05) is 24.2 Å². The first kappa shape index (κ1) is 22.4. The summed E-state index contributed by atoms with van der Waals surface area (Å²) in [6.07, 6.45) is 3.43. The van der Waals surface area contributed by atoms with Gasteiger partial charge in [0.2, 0.25) is 5.91 Å². The smallest absolute Gasteiger partial charge is 0.261 e. The Bertz CT molecular complexity index is 899. The maximum Gasteiger partial charge on any atom is 0.261 e. The zero-order valence-electron chi connectivity index (χ0n) is 15.9. The third-order valence-electron chi connectivity index (χ3n) is 4.19. The molecule has 4 N–H and O–H groups in total. The number of rotatable bonds is 11. The van der Waals surface area contributed by atoms with E-state index in [1.807, 2.05) is 0 Å². The highest BCUT2D eigenvalue weighted by molar-refractivity contribution is 7.92. The third-order valence-corrected chi connectivity index (χ3v) is 5.59. The number of sulfonamides is 1. The van der Waals surface area contributed by atoms with Crippen LogP contribution in [0.4, 0.5) is 5.69 Å². The fourth-order valence-electron chi connectivity index (χ4n) is 2.63. The number of hydrogen-bond acceptors (Lipinski definition) is 5. The van der Waals surface area contributed by atoms with Crippen molar-refractivity contribution in [3.8, 4) is 0 Å². The minimum Gasteiger partial charge on any atom is -0.352 e. The van der Waals surface area contributed by atoms with Crippen LogP contribution in [-0.2, 0) is 14.8 Å². The van der Waals surface area contributed by atoms with E-state index in [2.05, 4.69) is 10.0 Å². The van der Waals surface area contributed by atoms with Gasteiger partial charge < -0.3 is 5.32 Å². The molecule has 2 amide bonds. The van der Waals surface area contributed by atoms with Crippen LogP contribution in [0.1, 0.15) is 42.5 Å². The van der Waals surface area contributed by atoms with Gasteiger partial charge in [-0.3, -0.25) is 19.5 Å². The third kappa shape index (κ3) is 7.55. The largest absolute Gasteiger partial charge is 0.352 e. The van der Waals surface area contributed by atoms with Crippen molar-refractivity contribution >= 4 is 27.5 Å². The first-order valence-electron chi connectivity index (χ1n) is 9.31. The number of hydrogen-bond donors (Lipinski definition) is 4. The van der Waals surface area contributed by atoms with Gasteiger partial charge in [-0.05, 0) is 49.2 Å². The van der Waals surface area contributed by atoms with Crippen molar-refractivity contribution in [2.75, 3.05) is 11.3 Å². The van der Waals surface area contributed by atoms with E-state index in [1.54, 1.807) is 47.9 Å². The molecule has 2 aromatic rings. The van der Waals surface area contributed by atoms with E-state index >= 15 is 0 Å². The highest BCUT2D eigenvalue weighted by Gasteiger charge is 2.13. The summed E-state index contributed by atoms with van der Waals surface area (Å²) in [7, 11) is -3.67. The van der Waals surface area contributed by atoms with Crippen molar-refractivity contribution in [1.29, 1.82) is 0 Å². The van der Waals surface area contributed by atoms with Crippen LogP contribution in [0.3, 0.4) is 0 Å². The van der Waals surface area contributed by atoms with Gasteiger partial charge in [0.25, 0.3) is 15.9 Å². The molecule has 0 unspecified atom stereocenters. The second-order valence-electron chi connectivity index (χ2n) is 6.45. The fraction of sp³-hybridized carbons (Fsp3) is 0.300. The van der Waals surface area contributed by atoms with Crippen molar-refractivity contribution in [1.82, 2.24) is 10.8 Å². The number of amides is 2.